The Balaban J connectivity index is 1.25. The summed E-state index contributed by atoms with van der Waals surface area (Å²) in [6.07, 6.45) is 4.50. The molecule has 4 heterocycles. The minimum absolute atomic E-state index is 0.308. The number of pyridine rings is 2. The molecule has 2 N–H and O–H groups in total. The molecule has 0 saturated heterocycles. The molecular weight excluding hydrogens is 434 g/mol. The van der Waals surface area contributed by atoms with Gasteiger partial charge in [0.2, 0.25) is 5.82 Å². The largest absolute Gasteiger partial charge is 0.487 e. The number of anilines is 1. The number of aromatic amines is 1. The summed E-state index contributed by atoms with van der Waals surface area (Å²) in [7, 11) is 0. The summed E-state index contributed by atoms with van der Waals surface area (Å²) in [6.45, 7) is 0.308. The number of halogens is 1. The zero-order valence-electron chi connectivity index (χ0n) is 16.3. The number of carbonyl (C=O) groups is 1. The minimum atomic E-state index is -0.322. The van der Waals surface area contributed by atoms with Crippen LogP contribution in [0.5, 0.6) is 5.75 Å². The van der Waals surface area contributed by atoms with Gasteiger partial charge < -0.3 is 14.5 Å². The van der Waals surface area contributed by atoms with Gasteiger partial charge >= 0.3 is 0 Å². The lowest BCUT2D eigenvalue weighted by atomic mass is 10.2. The number of hydrogen-bond acceptors (Lipinski definition) is 8. The van der Waals surface area contributed by atoms with E-state index in [0.717, 1.165) is 5.69 Å². The van der Waals surface area contributed by atoms with Crippen LogP contribution < -0.4 is 10.1 Å². The van der Waals surface area contributed by atoms with E-state index in [1.54, 1.807) is 54.9 Å². The van der Waals surface area contributed by atoms with Gasteiger partial charge in [-0.3, -0.25) is 14.8 Å². The fourth-order valence-corrected chi connectivity index (χ4v) is 3.08. The highest BCUT2D eigenvalue weighted by molar-refractivity contribution is 6.30. The van der Waals surface area contributed by atoms with Crippen LogP contribution in [-0.4, -0.2) is 36.5 Å². The van der Waals surface area contributed by atoms with Crippen LogP contribution in [-0.2, 0) is 6.61 Å². The van der Waals surface area contributed by atoms with E-state index < -0.39 is 0 Å². The van der Waals surface area contributed by atoms with Crippen molar-refractivity contribution >= 4 is 34.2 Å². The molecule has 1 amide bonds. The number of tetrazole rings is 1. The van der Waals surface area contributed by atoms with Gasteiger partial charge in [-0.2, -0.15) is 5.21 Å². The van der Waals surface area contributed by atoms with E-state index >= 15 is 0 Å². The molecule has 0 aliphatic heterocycles. The molecule has 10 nitrogen and oxygen atoms in total. The second kappa shape index (κ2) is 8.44. The zero-order chi connectivity index (χ0) is 21.9. The number of ether oxygens (including phenoxy) is 1. The fourth-order valence-electron chi connectivity index (χ4n) is 2.97. The van der Waals surface area contributed by atoms with Crippen molar-refractivity contribution in [1.82, 2.24) is 30.6 Å². The summed E-state index contributed by atoms with van der Waals surface area (Å²) < 4.78 is 11.2. The minimum Gasteiger partial charge on any atom is -0.487 e. The molecule has 1 aromatic carbocycles. The van der Waals surface area contributed by atoms with Crippen molar-refractivity contribution in [2.75, 3.05) is 5.32 Å². The Bertz CT molecular complexity index is 1370. The van der Waals surface area contributed by atoms with E-state index in [4.69, 9.17) is 20.8 Å². The zero-order valence-corrected chi connectivity index (χ0v) is 17.1. The van der Waals surface area contributed by atoms with Crippen LogP contribution in [0.3, 0.4) is 0 Å². The topological polar surface area (TPSA) is 132 Å². The van der Waals surface area contributed by atoms with Crippen molar-refractivity contribution < 1.29 is 13.9 Å². The third kappa shape index (κ3) is 4.12. The Labute approximate surface area is 185 Å². The summed E-state index contributed by atoms with van der Waals surface area (Å²) in [4.78, 5) is 21.2. The molecule has 0 aliphatic rings. The molecule has 0 aliphatic carbocycles. The number of carbonyl (C=O) groups excluding carboxylic acids is 1. The second-order valence-electron chi connectivity index (χ2n) is 6.69. The van der Waals surface area contributed by atoms with Crippen LogP contribution in [0.2, 0.25) is 5.02 Å². The number of benzene rings is 1. The molecule has 0 radical (unpaired) electrons. The van der Waals surface area contributed by atoms with Gasteiger partial charge in [0.05, 0.1) is 21.7 Å². The van der Waals surface area contributed by atoms with E-state index in [1.807, 2.05) is 0 Å². The van der Waals surface area contributed by atoms with Crippen LogP contribution in [0.1, 0.15) is 16.1 Å². The highest BCUT2D eigenvalue weighted by atomic mass is 35.5. The summed E-state index contributed by atoms with van der Waals surface area (Å²) >= 11 is 5.83. The molecule has 5 aromatic rings. The van der Waals surface area contributed by atoms with Crippen LogP contribution in [0, 0.1) is 0 Å². The molecular formula is C21H14ClN7O3. The van der Waals surface area contributed by atoms with Gasteiger partial charge in [0.15, 0.2) is 0 Å². The Morgan fingerprint density at radius 3 is 2.75 bits per heavy atom. The number of rotatable bonds is 6. The quantitative estimate of drug-likeness (QED) is 0.400. The third-order valence-corrected chi connectivity index (χ3v) is 4.79. The lowest BCUT2D eigenvalue weighted by molar-refractivity contribution is 0.102. The molecule has 0 unspecified atom stereocenters. The Kier molecular flexibility index (Phi) is 5.18. The van der Waals surface area contributed by atoms with Crippen LogP contribution >= 0.6 is 11.6 Å². The van der Waals surface area contributed by atoms with Crippen molar-refractivity contribution in [3.05, 3.63) is 77.4 Å². The smallest absolute Gasteiger partial charge is 0.259 e. The SMILES string of the molecule is O=C(Nc1ccc(OCc2ccc(Cl)cn2)cc1)c1coc2cc(-c3nn[nH]n3)ncc12. The first-order valence-corrected chi connectivity index (χ1v) is 9.79. The highest BCUT2D eigenvalue weighted by Crippen LogP contribution is 2.25. The summed E-state index contributed by atoms with van der Waals surface area (Å²) in [5, 5.41) is 17.6. The molecule has 0 fully saturated rings. The Morgan fingerprint density at radius 2 is 2.00 bits per heavy atom. The highest BCUT2D eigenvalue weighted by Gasteiger charge is 2.16. The number of aromatic nitrogens is 6. The maximum atomic E-state index is 12.7. The van der Waals surface area contributed by atoms with Crippen LogP contribution in [0.25, 0.3) is 22.5 Å². The van der Waals surface area contributed by atoms with Gasteiger partial charge in [-0.15, -0.1) is 10.2 Å². The number of furan rings is 1. The first-order valence-electron chi connectivity index (χ1n) is 9.41. The van der Waals surface area contributed by atoms with Gasteiger partial charge in [-0.25, -0.2) is 0 Å². The summed E-state index contributed by atoms with van der Waals surface area (Å²) in [5.41, 5.74) is 2.70. The molecule has 0 spiro atoms. The number of fused-ring (bicyclic) bond motifs is 1. The maximum Gasteiger partial charge on any atom is 0.259 e. The van der Waals surface area contributed by atoms with Crippen LogP contribution in [0.4, 0.5) is 5.69 Å². The van der Waals surface area contributed by atoms with Crippen molar-refractivity contribution in [3.63, 3.8) is 0 Å². The average molecular weight is 448 g/mol. The lowest BCUT2D eigenvalue weighted by Gasteiger charge is -2.08. The van der Waals surface area contributed by atoms with Gasteiger partial charge in [0, 0.05) is 24.1 Å². The number of nitrogens with zero attached hydrogens (tertiary/aromatic N) is 5. The summed E-state index contributed by atoms with van der Waals surface area (Å²) in [5.74, 6) is 0.659. The number of amides is 1. The van der Waals surface area contributed by atoms with Gasteiger partial charge in [0.25, 0.3) is 5.91 Å². The standard InChI is InChI=1S/C21H14ClN7O3/c22-12-1-2-14(23-8-12)10-31-15-5-3-13(4-6-15)25-21(30)17-11-32-19-7-18(24-9-16(17)19)20-26-28-29-27-20/h1-9,11H,10H2,(H,25,30)(H,26,27,28,29). The molecule has 0 bridgehead atoms. The van der Waals surface area contributed by atoms with Gasteiger partial charge in [0.1, 0.15) is 29.9 Å². The average Bonchev–Trinajstić information content (AvgIpc) is 3.49. The number of H-pyrrole nitrogens is 1. The normalized spacial score (nSPS) is 10.9. The van der Waals surface area contributed by atoms with Crippen molar-refractivity contribution in [3.8, 4) is 17.3 Å². The summed E-state index contributed by atoms with van der Waals surface area (Å²) in [6, 6.07) is 12.2. The Hall–Kier alpha value is -4.31. The van der Waals surface area contributed by atoms with Crippen molar-refractivity contribution in [1.29, 1.82) is 0 Å². The van der Waals surface area contributed by atoms with Crippen molar-refractivity contribution in [2.45, 2.75) is 6.61 Å². The molecule has 0 atom stereocenters. The Morgan fingerprint density at radius 1 is 1.12 bits per heavy atom. The molecule has 11 heteroatoms. The van der Waals surface area contributed by atoms with E-state index in [9.17, 15) is 4.79 Å². The predicted molar refractivity (Wildman–Crippen MR) is 115 cm³/mol. The molecule has 158 valence electrons. The molecule has 32 heavy (non-hydrogen) atoms. The molecule has 0 saturated carbocycles. The first-order chi connectivity index (χ1) is 15.7. The van der Waals surface area contributed by atoms with E-state index in [-0.39, 0.29) is 5.91 Å². The monoisotopic (exact) mass is 447 g/mol. The van der Waals surface area contributed by atoms with Gasteiger partial charge in [-0.05, 0) is 41.6 Å². The van der Waals surface area contributed by atoms with E-state index in [2.05, 4.69) is 35.9 Å². The maximum absolute atomic E-state index is 12.7. The first kappa shape index (κ1) is 19.6. The van der Waals surface area contributed by atoms with Gasteiger partial charge in [-0.1, -0.05) is 11.6 Å². The molecule has 5 rings (SSSR count). The third-order valence-electron chi connectivity index (χ3n) is 4.57. The lowest BCUT2D eigenvalue weighted by Crippen LogP contribution is -2.11. The fraction of sp³-hybridized carbons (Fsp3) is 0.0476. The van der Waals surface area contributed by atoms with Crippen LogP contribution in [0.15, 0.2) is 65.5 Å². The predicted octanol–water partition coefficient (Wildman–Crippen LogP) is 3.89. The number of hydrogen-bond donors (Lipinski definition) is 2. The van der Waals surface area contributed by atoms with E-state index in [0.29, 0.717) is 51.1 Å². The molecule has 4 aromatic heterocycles. The van der Waals surface area contributed by atoms with E-state index in [1.165, 1.54) is 6.26 Å². The second-order valence-corrected chi connectivity index (χ2v) is 7.12. The number of nitrogens with one attached hydrogen (secondary N) is 2. The van der Waals surface area contributed by atoms with Crippen molar-refractivity contribution in [2.24, 2.45) is 0 Å².